The quantitative estimate of drug-likeness (QED) is 0.554. The number of oxazole rings is 1. The maximum atomic E-state index is 6.13. The molecule has 0 bridgehead atoms. The van der Waals surface area contributed by atoms with Crippen LogP contribution in [0.2, 0.25) is 10.0 Å². The van der Waals surface area contributed by atoms with E-state index in [0.717, 1.165) is 49.6 Å². The molecule has 4 heterocycles. The van der Waals surface area contributed by atoms with Crippen LogP contribution in [0, 0.1) is 12.3 Å². The van der Waals surface area contributed by atoms with Crippen molar-refractivity contribution < 1.29 is 4.42 Å². The lowest BCUT2D eigenvalue weighted by Gasteiger charge is -2.55. The van der Waals surface area contributed by atoms with Gasteiger partial charge in [-0.15, -0.1) is 0 Å². The molecule has 0 N–H and O–H groups in total. The molecule has 2 aliphatic rings. The van der Waals surface area contributed by atoms with Crippen LogP contribution >= 0.6 is 23.2 Å². The Balaban J connectivity index is 1.30. The molecular weight excluding hydrogens is 407 g/mol. The highest BCUT2D eigenvalue weighted by molar-refractivity contribution is 6.35. The van der Waals surface area contributed by atoms with Crippen LogP contribution in [0.1, 0.15) is 18.5 Å². The van der Waals surface area contributed by atoms with Gasteiger partial charge in [-0.25, -0.2) is 0 Å². The molecular formula is C22H22Cl2N4O. The molecule has 2 aliphatic heterocycles. The molecule has 2 fully saturated rings. The van der Waals surface area contributed by atoms with Gasteiger partial charge in [0.15, 0.2) is 0 Å². The largest absolute Gasteiger partial charge is 0.431 e. The second kappa shape index (κ2) is 7.22. The fourth-order valence-corrected chi connectivity index (χ4v) is 5.07. The number of hydrogen-bond donors (Lipinski definition) is 0. The minimum Gasteiger partial charge on any atom is -0.431 e. The Morgan fingerprint density at radius 2 is 1.79 bits per heavy atom. The van der Waals surface area contributed by atoms with Crippen molar-refractivity contribution in [2.75, 3.05) is 36.0 Å². The van der Waals surface area contributed by atoms with Crippen molar-refractivity contribution in [2.45, 2.75) is 19.8 Å². The number of aromatic nitrogens is 2. The van der Waals surface area contributed by atoms with E-state index in [0.29, 0.717) is 21.5 Å². The maximum Gasteiger partial charge on any atom is 0.297 e. The van der Waals surface area contributed by atoms with E-state index in [2.05, 4.69) is 26.9 Å². The zero-order valence-electron chi connectivity index (χ0n) is 16.2. The van der Waals surface area contributed by atoms with Crippen molar-refractivity contribution in [1.29, 1.82) is 0 Å². The Morgan fingerprint density at radius 1 is 1.03 bits per heavy atom. The monoisotopic (exact) mass is 428 g/mol. The Kier molecular flexibility index (Phi) is 4.67. The summed E-state index contributed by atoms with van der Waals surface area (Å²) >= 11 is 12.3. The molecule has 0 saturated carbocycles. The Hall–Kier alpha value is -2.24. The molecule has 1 aromatic carbocycles. The van der Waals surface area contributed by atoms with E-state index >= 15 is 0 Å². The first-order valence-corrected chi connectivity index (χ1v) is 10.6. The molecule has 0 aliphatic carbocycles. The van der Waals surface area contributed by atoms with E-state index in [4.69, 9.17) is 32.6 Å². The number of benzene rings is 1. The molecule has 150 valence electrons. The first-order chi connectivity index (χ1) is 14.0. The van der Waals surface area contributed by atoms with Gasteiger partial charge < -0.3 is 14.2 Å². The van der Waals surface area contributed by atoms with Crippen LogP contribution in [0.3, 0.4) is 0 Å². The second-order valence-electron chi connectivity index (χ2n) is 8.21. The van der Waals surface area contributed by atoms with Gasteiger partial charge in [-0.05, 0) is 50.1 Å². The summed E-state index contributed by atoms with van der Waals surface area (Å²) in [4.78, 5) is 13.7. The van der Waals surface area contributed by atoms with Crippen LogP contribution in [0.15, 0.2) is 47.2 Å². The molecule has 7 heteroatoms. The minimum atomic E-state index is 0.295. The molecule has 2 saturated heterocycles. The normalized spacial score (nSPS) is 18.2. The van der Waals surface area contributed by atoms with Crippen molar-refractivity contribution in [3.8, 4) is 11.3 Å². The Bertz CT molecular complexity index is 1020. The number of aryl methyl sites for hydroxylation is 1. The van der Waals surface area contributed by atoms with Gasteiger partial charge in [-0.1, -0.05) is 23.2 Å². The molecule has 0 amide bonds. The summed E-state index contributed by atoms with van der Waals surface area (Å²) in [5, 5.41) is 1.18. The van der Waals surface area contributed by atoms with Gasteiger partial charge in [0.25, 0.3) is 6.01 Å². The van der Waals surface area contributed by atoms with Gasteiger partial charge in [-0.3, -0.25) is 4.98 Å². The van der Waals surface area contributed by atoms with Gasteiger partial charge in [0.2, 0.25) is 0 Å². The van der Waals surface area contributed by atoms with E-state index in [1.165, 1.54) is 12.1 Å². The third-order valence-corrected chi connectivity index (χ3v) is 6.32. The zero-order valence-corrected chi connectivity index (χ0v) is 17.7. The highest BCUT2D eigenvalue weighted by Crippen LogP contribution is 2.42. The van der Waals surface area contributed by atoms with E-state index in [9.17, 15) is 0 Å². The lowest BCUT2D eigenvalue weighted by molar-refractivity contribution is 0.170. The summed E-state index contributed by atoms with van der Waals surface area (Å²) in [7, 11) is 0. The number of anilines is 2. The molecule has 1 spiro atoms. The van der Waals surface area contributed by atoms with Crippen molar-refractivity contribution in [2.24, 2.45) is 5.41 Å². The van der Waals surface area contributed by atoms with Gasteiger partial charge in [0.05, 0.1) is 0 Å². The predicted octanol–water partition coefficient (Wildman–Crippen LogP) is 5.46. The smallest absolute Gasteiger partial charge is 0.297 e. The van der Waals surface area contributed by atoms with Crippen LogP contribution < -0.4 is 9.80 Å². The minimum absolute atomic E-state index is 0.295. The summed E-state index contributed by atoms with van der Waals surface area (Å²) in [6.07, 6.45) is 5.95. The average molecular weight is 429 g/mol. The summed E-state index contributed by atoms with van der Waals surface area (Å²) in [5.74, 6) is 0. The van der Waals surface area contributed by atoms with Crippen molar-refractivity contribution in [3.05, 3.63) is 58.5 Å². The van der Waals surface area contributed by atoms with E-state index in [1.807, 2.05) is 25.3 Å². The average Bonchev–Trinajstić information content (AvgIpc) is 3.16. The summed E-state index contributed by atoms with van der Waals surface area (Å²) in [6, 6.07) is 10.4. The number of halogens is 2. The van der Waals surface area contributed by atoms with Crippen LogP contribution in [0.25, 0.3) is 11.3 Å². The highest BCUT2D eigenvalue weighted by atomic mass is 35.5. The van der Waals surface area contributed by atoms with Crippen molar-refractivity contribution in [3.63, 3.8) is 0 Å². The molecule has 2 aromatic heterocycles. The third kappa shape index (κ3) is 3.69. The van der Waals surface area contributed by atoms with E-state index < -0.39 is 0 Å². The second-order valence-corrected chi connectivity index (χ2v) is 9.08. The lowest BCUT2D eigenvalue weighted by atomic mass is 9.73. The molecule has 29 heavy (non-hydrogen) atoms. The third-order valence-electron chi connectivity index (χ3n) is 5.88. The lowest BCUT2D eigenvalue weighted by Crippen LogP contribution is -2.63. The van der Waals surface area contributed by atoms with Gasteiger partial charge in [0, 0.05) is 64.8 Å². The molecule has 5 rings (SSSR count). The zero-order chi connectivity index (χ0) is 20.0. The number of piperidine rings is 1. The van der Waals surface area contributed by atoms with Crippen LogP contribution in [-0.4, -0.2) is 36.1 Å². The topological polar surface area (TPSA) is 45.4 Å². The van der Waals surface area contributed by atoms with Gasteiger partial charge in [-0.2, -0.15) is 4.98 Å². The summed E-state index contributed by atoms with van der Waals surface area (Å²) in [5.41, 5.74) is 4.24. The molecule has 0 radical (unpaired) electrons. The van der Waals surface area contributed by atoms with Crippen LogP contribution in [-0.2, 0) is 0 Å². The van der Waals surface area contributed by atoms with E-state index in [1.54, 1.807) is 12.3 Å². The molecule has 3 aromatic rings. The fraction of sp³-hybridized carbons (Fsp3) is 0.364. The Morgan fingerprint density at radius 3 is 2.55 bits per heavy atom. The van der Waals surface area contributed by atoms with Crippen LogP contribution in [0.5, 0.6) is 0 Å². The first kappa shape index (κ1) is 18.8. The number of rotatable bonds is 3. The van der Waals surface area contributed by atoms with E-state index in [-0.39, 0.29) is 0 Å². The molecule has 5 nitrogen and oxygen atoms in total. The number of pyridine rings is 1. The van der Waals surface area contributed by atoms with Crippen molar-refractivity contribution in [1.82, 2.24) is 9.97 Å². The number of nitrogens with zero attached hydrogens (tertiary/aromatic N) is 4. The van der Waals surface area contributed by atoms with Crippen LogP contribution in [0.4, 0.5) is 11.7 Å². The fourth-order valence-electron chi connectivity index (χ4n) is 4.55. The molecule has 0 unspecified atom stereocenters. The standard InChI is InChI=1S/C22H22Cl2N4O/c1-15-7-19(3-5-25-15)28-13-22(14-28)4-2-6-27(12-22)21-26-20(11-29-21)16-8-17(23)10-18(24)9-16/h3,5,7-11H,2,4,6,12-14H2,1H3. The maximum absolute atomic E-state index is 6.13. The van der Waals surface area contributed by atoms with Crippen molar-refractivity contribution >= 4 is 34.9 Å². The SMILES string of the molecule is Cc1cc(N2CC3(CCCN(c4nc(-c5cc(Cl)cc(Cl)c5)co4)C3)C2)ccn1. The van der Waals surface area contributed by atoms with Gasteiger partial charge >= 0.3 is 0 Å². The Labute approximate surface area is 180 Å². The molecule has 0 atom stereocenters. The first-order valence-electron chi connectivity index (χ1n) is 9.84. The number of hydrogen-bond acceptors (Lipinski definition) is 5. The highest BCUT2D eigenvalue weighted by Gasteiger charge is 2.46. The summed E-state index contributed by atoms with van der Waals surface area (Å²) < 4.78 is 5.83. The van der Waals surface area contributed by atoms with Gasteiger partial charge in [0.1, 0.15) is 12.0 Å². The predicted molar refractivity (Wildman–Crippen MR) is 117 cm³/mol. The summed E-state index contributed by atoms with van der Waals surface area (Å²) in [6.45, 7) is 6.08.